The number of aryl methyl sites for hydroxylation is 1. The van der Waals surface area contributed by atoms with Crippen LogP contribution in [-0.2, 0) is 5.41 Å². The fourth-order valence-electron chi connectivity index (χ4n) is 1.89. The molecule has 0 fully saturated rings. The highest BCUT2D eigenvalue weighted by atomic mass is 32.2. The molecule has 0 bridgehead atoms. The topological polar surface area (TPSA) is 26.0 Å². The zero-order chi connectivity index (χ0) is 14.0. The fourth-order valence-corrected chi connectivity index (χ4v) is 2.84. The lowest BCUT2D eigenvalue weighted by atomic mass is 9.87. The van der Waals surface area contributed by atoms with Crippen molar-refractivity contribution in [1.29, 1.82) is 0 Å². The molecule has 0 spiro atoms. The van der Waals surface area contributed by atoms with E-state index in [1.54, 1.807) is 11.8 Å². The van der Waals surface area contributed by atoms with Crippen LogP contribution in [0.2, 0.25) is 0 Å². The summed E-state index contributed by atoms with van der Waals surface area (Å²) >= 11 is 1.72. The van der Waals surface area contributed by atoms with Crippen molar-refractivity contribution in [3.8, 4) is 0 Å². The highest BCUT2D eigenvalue weighted by molar-refractivity contribution is 7.99. The van der Waals surface area contributed by atoms with Gasteiger partial charge in [0.05, 0.1) is 0 Å². The molecule has 0 unspecified atom stereocenters. The molecule has 2 heteroatoms. The summed E-state index contributed by atoms with van der Waals surface area (Å²) in [6.07, 6.45) is 0. The van der Waals surface area contributed by atoms with Gasteiger partial charge < -0.3 is 5.73 Å². The second-order valence-corrected chi connectivity index (χ2v) is 6.98. The van der Waals surface area contributed by atoms with Crippen LogP contribution in [0.1, 0.15) is 31.9 Å². The van der Waals surface area contributed by atoms with Gasteiger partial charge in [0.25, 0.3) is 0 Å². The van der Waals surface area contributed by atoms with E-state index in [4.69, 9.17) is 5.73 Å². The molecule has 2 rings (SSSR count). The molecule has 0 aliphatic carbocycles. The van der Waals surface area contributed by atoms with Crippen LogP contribution in [0.3, 0.4) is 0 Å². The number of hydrogen-bond donors (Lipinski definition) is 1. The van der Waals surface area contributed by atoms with Crippen LogP contribution >= 0.6 is 11.8 Å². The van der Waals surface area contributed by atoms with Crippen LogP contribution in [0.4, 0.5) is 5.69 Å². The van der Waals surface area contributed by atoms with Gasteiger partial charge >= 0.3 is 0 Å². The first-order valence-electron chi connectivity index (χ1n) is 6.51. The first kappa shape index (κ1) is 14.0. The molecule has 0 heterocycles. The third kappa shape index (κ3) is 3.32. The molecule has 0 aliphatic heterocycles. The van der Waals surface area contributed by atoms with E-state index in [0.29, 0.717) is 0 Å². The smallest absolute Gasteiger partial charge is 0.0485 e. The average molecular weight is 271 g/mol. The van der Waals surface area contributed by atoms with E-state index < -0.39 is 0 Å². The van der Waals surface area contributed by atoms with E-state index in [0.717, 1.165) is 16.1 Å². The first-order chi connectivity index (χ1) is 8.88. The highest BCUT2D eigenvalue weighted by Crippen LogP contribution is 2.34. The largest absolute Gasteiger partial charge is 0.398 e. The maximum Gasteiger partial charge on any atom is 0.0485 e. The first-order valence-corrected chi connectivity index (χ1v) is 7.33. The summed E-state index contributed by atoms with van der Waals surface area (Å²) in [5.41, 5.74) is 9.68. The molecule has 2 N–H and O–H groups in total. The summed E-state index contributed by atoms with van der Waals surface area (Å²) in [5.74, 6) is 0. The van der Waals surface area contributed by atoms with Crippen LogP contribution < -0.4 is 5.73 Å². The van der Waals surface area contributed by atoms with Gasteiger partial charge in [0.1, 0.15) is 0 Å². The predicted octanol–water partition coefficient (Wildman–Crippen LogP) is 5.03. The number of hydrogen-bond acceptors (Lipinski definition) is 2. The van der Waals surface area contributed by atoms with Crippen molar-refractivity contribution in [2.24, 2.45) is 0 Å². The molecule has 0 saturated carbocycles. The molecule has 2 aromatic rings. The number of benzene rings is 2. The highest BCUT2D eigenvalue weighted by Gasteiger charge is 2.13. The van der Waals surface area contributed by atoms with Gasteiger partial charge in [-0.1, -0.05) is 56.8 Å². The third-order valence-electron chi connectivity index (χ3n) is 3.23. The minimum Gasteiger partial charge on any atom is -0.398 e. The Kier molecular flexibility index (Phi) is 3.91. The summed E-state index contributed by atoms with van der Waals surface area (Å²) in [5, 5.41) is 0. The number of nitrogens with two attached hydrogens (primary N) is 1. The van der Waals surface area contributed by atoms with Crippen molar-refractivity contribution >= 4 is 17.4 Å². The van der Waals surface area contributed by atoms with Gasteiger partial charge in [0.2, 0.25) is 0 Å². The zero-order valence-electron chi connectivity index (χ0n) is 12.0. The molecule has 0 amide bonds. The SMILES string of the molecule is Cc1cccc(Sc2ccc(C(C)(C)C)cc2)c1N. The van der Waals surface area contributed by atoms with E-state index in [-0.39, 0.29) is 5.41 Å². The van der Waals surface area contributed by atoms with E-state index in [1.807, 2.05) is 13.0 Å². The van der Waals surface area contributed by atoms with Crippen molar-refractivity contribution in [1.82, 2.24) is 0 Å². The molecule has 0 atom stereocenters. The molecule has 0 aliphatic rings. The minimum atomic E-state index is 0.200. The Hall–Kier alpha value is -1.41. The van der Waals surface area contributed by atoms with E-state index in [9.17, 15) is 0 Å². The quantitative estimate of drug-likeness (QED) is 0.776. The fraction of sp³-hybridized carbons (Fsp3) is 0.294. The zero-order valence-corrected chi connectivity index (χ0v) is 12.8. The van der Waals surface area contributed by atoms with Gasteiger partial charge in [-0.15, -0.1) is 0 Å². The normalized spacial score (nSPS) is 11.6. The van der Waals surface area contributed by atoms with Gasteiger partial charge in [-0.2, -0.15) is 0 Å². The Labute approximate surface area is 120 Å². The third-order valence-corrected chi connectivity index (χ3v) is 4.32. The number of anilines is 1. The Morgan fingerprint density at radius 2 is 1.58 bits per heavy atom. The van der Waals surface area contributed by atoms with Gasteiger partial charge in [0, 0.05) is 15.5 Å². The summed E-state index contributed by atoms with van der Waals surface area (Å²) in [6, 6.07) is 14.9. The second kappa shape index (κ2) is 5.30. The van der Waals surface area contributed by atoms with Crippen LogP contribution in [0.5, 0.6) is 0 Å². The van der Waals surface area contributed by atoms with Crippen molar-refractivity contribution in [2.75, 3.05) is 5.73 Å². The Bertz CT molecular complexity index is 565. The van der Waals surface area contributed by atoms with E-state index in [2.05, 4.69) is 57.2 Å². The van der Waals surface area contributed by atoms with Crippen molar-refractivity contribution in [3.05, 3.63) is 53.6 Å². The average Bonchev–Trinajstić information content (AvgIpc) is 2.35. The van der Waals surface area contributed by atoms with Gasteiger partial charge in [-0.25, -0.2) is 0 Å². The second-order valence-electron chi connectivity index (χ2n) is 5.86. The lowest BCUT2D eigenvalue weighted by Crippen LogP contribution is -2.10. The number of para-hydroxylation sites is 1. The molecule has 0 aromatic heterocycles. The molecular weight excluding hydrogens is 250 g/mol. The van der Waals surface area contributed by atoms with Crippen LogP contribution in [0.25, 0.3) is 0 Å². The summed E-state index contributed by atoms with van der Waals surface area (Å²) in [6.45, 7) is 8.73. The Balaban J connectivity index is 2.23. The summed E-state index contributed by atoms with van der Waals surface area (Å²) in [4.78, 5) is 2.36. The van der Waals surface area contributed by atoms with Crippen LogP contribution in [0.15, 0.2) is 52.3 Å². The lowest BCUT2D eigenvalue weighted by molar-refractivity contribution is 0.590. The van der Waals surface area contributed by atoms with Crippen molar-refractivity contribution in [3.63, 3.8) is 0 Å². The molecule has 2 aromatic carbocycles. The molecule has 1 nitrogen and oxygen atoms in total. The molecule has 19 heavy (non-hydrogen) atoms. The summed E-state index contributed by atoms with van der Waals surface area (Å²) in [7, 11) is 0. The van der Waals surface area contributed by atoms with Gasteiger partial charge in [-0.3, -0.25) is 0 Å². The van der Waals surface area contributed by atoms with E-state index >= 15 is 0 Å². The number of nitrogen functional groups attached to an aromatic ring is 1. The standard InChI is InChI=1S/C17H21NS/c1-12-6-5-7-15(16(12)18)19-14-10-8-13(9-11-14)17(2,3)4/h5-11H,18H2,1-4H3. The van der Waals surface area contributed by atoms with Crippen LogP contribution in [-0.4, -0.2) is 0 Å². The van der Waals surface area contributed by atoms with Crippen molar-refractivity contribution < 1.29 is 0 Å². The lowest BCUT2D eigenvalue weighted by Gasteiger charge is -2.19. The molecule has 0 saturated heterocycles. The number of rotatable bonds is 2. The monoisotopic (exact) mass is 271 g/mol. The minimum absolute atomic E-state index is 0.200. The molecule has 0 radical (unpaired) electrons. The Morgan fingerprint density at radius 3 is 2.16 bits per heavy atom. The van der Waals surface area contributed by atoms with Crippen molar-refractivity contribution in [2.45, 2.75) is 42.9 Å². The predicted molar refractivity (Wildman–Crippen MR) is 84.9 cm³/mol. The maximum absolute atomic E-state index is 6.11. The van der Waals surface area contributed by atoms with E-state index in [1.165, 1.54) is 10.5 Å². The van der Waals surface area contributed by atoms with Gasteiger partial charge in [-0.05, 0) is 41.7 Å². The maximum atomic E-state index is 6.11. The molecule has 100 valence electrons. The van der Waals surface area contributed by atoms with Crippen LogP contribution in [0, 0.1) is 6.92 Å². The Morgan fingerprint density at radius 1 is 0.947 bits per heavy atom. The molecular formula is C17H21NS. The summed E-state index contributed by atoms with van der Waals surface area (Å²) < 4.78 is 0. The van der Waals surface area contributed by atoms with Gasteiger partial charge in [0.15, 0.2) is 0 Å².